The molecule has 0 amide bonds. The minimum absolute atomic E-state index is 0.275. The van der Waals surface area contributed by atoms with Crippen LogP contribution in [0.2, 0.25) is 5.02 Å². The Bertz CT molecular complexity index is 306. The lowest BCUT2D eigenvalue weighted by molar-refractivity contribution is 0.190. The highest BCUT2D eigenvalue weighted by Crippen LogP contribution is 2.25. The first-order valence-electron chi connectivity index (χ1n) is 4.34. The minimum Gasteiger partial charge on any atom is -0.383 e. The van der Waals surface area contributed by atoms with E-state index in [9.17, 15) is 0 Å². The number of rotatable bonds is 4. The van der Waals surface area contributed by atoms with E-state index in [4.69, 9.17) is 16.3 Å². The average molecular weight is 279 g/mol. The summed E-state index contributed by atoms with van der Waals surface area (Å²) in [5.41, 5.74) is 1.00. The van der Waals surface area contributed by atoms with Crippen molar-refractivity contribution in [2.24, 2.45) is 0 Å². The Morgan fingerprint density at radius 2 is 2.29 bits per heavy atom. The van der Waals surface area contributed by atoms with Crippen LogP contribution in [0.5, 0.6) is 0 Å². The molecular formula is C10H13BrClNO. The van der Waals surface area contributed by atoms with Crippen LogP contribution >= 0.6 is 27.5 Å². The molecule has 1 atom stereocenters. The lowest BCUT2D eigenvalue weighted by atomic mass is 10.3. The number of hydrogen-bond acceptors (Lipinski definition) is 2. The maximum absolute atomic E-state index is 5.96. The Kier molecular flexibility index (Phi) is 4.72. The van der Waals surface area contributed by atoms with Crippen LogP contribution in [0, 0.1) is 0 Å². The van der Waals surface area contributed by atoms with Crippen molar-refractivity contribution < 1.29 is 4.74 Å². The number of anilines is 1. The summed E-state index contributed by atoms with van der Waals surface area (Å²) in [6.45, 7) is 2.73. The van der Waals surface area contributed by atoms with E-state index in [-0.39, 0.29) is 6.04 Å². The number of hydrogen-bond donors (Lipinski definition) is 1. The predicted molar refractivity (Wildman–Crippen MR) is 64.1 cm³/mol. The molecule has 0 spiro atoms. The van der Waals surface area contributed by atoms with Crippen LogP contribution in [-0.2, 0) is 4.74 Å². The Labute approximate surface area is 97.7 Å². The molecule has 0 aliphatic carbocycles. The highest BCUT2D eigenvalue weighted by Gasteiger charge is 2.02. The molecule has 1 unspecified atom stereocenters. The van der Waals surface area contributed by atoms with Gasteiger partial charge in [0, 0.05) is 23.3 Å². The second-order valence-electron chi connectivity index (χ2n) is 3.13. The first kappa shape index (κ1) is 11.8. The van der Waals surface area contributed by atoms with Gasteiger partial charge in [-0.3, -0.25) is 0 Å². The fraction of sp³-hybridized carbons (Fsp3) is 0.400. The zero-order chi connectivity index (χ0) is 10.6. The van der Waals surface area contributed by atoms with Crippen LogP contribution in [0.15, 0.2) is 22.7 Å². The molecule has 1 rings (SSSR count). The summed E-state index contributed by atoms with van der Waals surface area (Å²) >= 11 is 9.30. The highest BCUT2D eigenvalue weighted by atomic mass is 79.9. The predicted octanol–water partition coefficient (Wildman–Crippen LogP) is 3.55. The molecular weight excluding hydrogens is 265 g/mol. The van der Waals surface area contributed by atoms with Crippen LogP contribution in [0.4, 0.5) is 5.69 Å². The fourth-order valence-electron chi connectivity index (χ4n) is 1.16. The zero-order valence-electron chi connectivity index (χ0n) is 8.18. The maximum atomic E-state index is 5.96. The van der Waals surface area contributed by atoms with Crippen molar-refractivity contribution in [3.05, 3.63) is 27.7 Å². The number of halogens is 2. The second-order valence-corrected chi connectivity index (χ2v) is 4.39. The third kappa shape index (κ3) is 3.48. The highest BCUT2D eigenvalue weighted by molar-refractivity contribution is 9.10. The number of ether oxygens (including phenoxy) is 1. The van der Waals surface area contributed by atoms with Crippen molar-refractivity contribution >= 4 is 33.2 Å². The van der Waals surface area contributed by atoms with Crippen molar-refractivity contribution in [3.63, 3.8) is 0 Å². The van der Waals surface area contributed by atoms with E-state index < -0.39 is 0 Å². The lowest BCUT2D eigenvalue weighted by Crippen LogP contribution is -2.20. The van der Waals surface area contributed by atoms with Gasteiger partial charge in [-0.25, -0.2) is 0 Å². The molecule has 0 bridgehead atoms. The first-order chi connectivity index (χ1) is 6.63. The molecule has 1 aromatic carbocycles. The van der Waals surface area contributed by atoms with Gasteiger partial charge in [-0.2, -0.15) is 0 Å². The van der Waals surface area contributed by atoms with Gasteiger partial charge in [-0.05, 0) is 41.1 Å². The molecule has 4 heteroatoms. The van der Waals surface area contributed by atoms with Crippen molar-refractivity contribution in [2.45, 2.75) is 13.0 Å². The molecule has 0 aliphatic heterocycles. The fourth-order valence-corrected chi connectivity index (χ4v) is 1.59. The van der Waals surface area contributed by atoms with Crippen LogP contribution in [0.3, 0.4) is 0 Å². The summed E-state index contributed by atoms with van der Waals surface area (Å²) in [5.74, 6) is 0. The summed E-state index contributed by atoms with van der Waals surface area (Å²) in [5, 5.41) is 3.99. The van der Waals surface area contributed by atoms with Crippen molar-refractivity contribution in [1.82, 2.24) is 0 Å². The van der Waals surface area contributed by atoms with E-state index in [0.29, 0.717) is 11.6 Å². The number of methoxy groups -OCH3 is 1. The topological polar surface area (TPSA) is 21.3 Å². The number of nitrogens with one attached hydrogen (secondary N) is 1. The minimum atomic E-state index is 0.275. The summed E-state index contributed by atoms with van der Waals surface area (Å²) < 4.78 is 5.93. The van der Waals surface area contributed by atoms with Gasteiger partial charge in [-0.1, -0.05) is 11.6 Å². The summed E-state index contributed by atoms with van der Waals surface area (Å²) in [6, 6.07) is 6.06. The second kappa shape index (κ2) is 5.59. The van der Waals surface area contributed by atoms with E-state index in [1.807, 2.05) is 18.2 Å². The third-order valence-electron chi connectivity index (χ3n) is 1.75. The molecule has 14 heavy (non-hydrogen) atoms. The van der Waals surface area contributed by atoms with Crippen molar-refractivity contribution in [3.8, 4) is 0 Å². The largest absolute Gasteiger partial charge is 0.383 e. The Hall–Kier alpha value is -0.250. The SMILES string of the molecule is COCC(C)Nc1ccc(Br)c(Cl)c1. The quantitative estimate of drug-likeness (QED) is 0.909. The van der Waals surface area contributed by atoms with Gasteiger partial charge in [0.15, 0.2) is 0 Å². The molecule has 0 saturated carbocycles. The molecule has 1 N–H and O–H groups in total. The monoisotopic (exact) mass is 277 g/mol. The summed E-state index contributed by atoms with van der Waals surface area (Å²) in [4.78, 5) is 0. The van der Waals surface area contributed by atoms with Crippen LogP contribution in [0.1, 0.15) is 6.92 Å². The average Bonchev–Trinajstić information content (AvgIpc) is 2.12. The maximum Gasteiger partial charge on any atom is 0.0661 e. The van der Waals surface area contributed by atoms with E-state index >= 15 is 0 Å². The smallest absolute Gasteiger partial charge is 0.0661 e. The molecule has 0 aromatic heterocycles. The standard InChI is InChI=1S/C10H13BrClNO/c1-7(6-14-2)13-8-3-4-9(11)10(12)5-8/h3-5,7,13H,6H2,1-2H3. The van der Waals surface area contributed by atoms with Crippen molar-refractivity contribution in [1.29, 1.82) is 0 Å². The van der Waals surface area contributed by atoms with Crippen molar-refractivity contribution in [2.75, 3.05) is 19.0 Å². The normalized spacial score (nSPS) is 12.6. The molecule has 0 fully saturated rings. The van der Waals surface area contributed by atoms with Crippen LogP contribution in [0.25, 0.3) is 0 Å². The van der Waals surface area contributed by atoms with Crippen LogP contribution in [-0.4, -0.2) is 19.8 Å². The van der Waals surface area contributed by atoms with Gasteiger partial charge in [0.05, 0.1) is 11.6 Å². The van der Waals surface area contributed by atoms with E-state index in [2.05, 4.69) is 28.2 Å². The van der Waals surface area contributed by atoms with Gasteiger partial charge in [-0.15, -0.1) is 0 Å². The summed E-state index contributed by atoms with van der Waals surface area (Å²) in [7, 11) is 1.69. The van der Waals surface area contributed by atoms with Gasteiger partial charge in [0.1, 0.15) is 0 Å². The molecule has 0 saturated heterocycles. The van der Waals surface area contributed by atoms with E-state index in [0.717, 1.165) is 10.2 Å². The Morgan fingerprint density at radius 1 is 1.57 bits per heavy atom. The van der Waals surface area contributed by atoms with E-state index in [1.54, 1.807) is 7.11 Å². The van der Waals surface area contributed by atoms with Gasteiger partial charge >= 0.3 is 0 Å². The van der Waals surface area contributed by atoms with E-state index in [1.165, 1.54) is 0 Å². The molecule has 1 aromatic rings. The lowest BCUT2D eigenvalue weighted by Gasteiger charge is -2.14. The first-order valence-corrected chi connectivity index (χ1v) is 5.51. The molecule has 0 aliphatic rings. The Morgan fingerprint density at radius 3 is 2.86 bits per heavy atom. The van der Waals surface area contributed by atoms with Gasteiger partial charge in [0.2, 0.25) is 0 Å². The third-order valence-corrected chi connectivity index (χ3v) is 2.98. The number of benzene rings is 1. The summed E-state index contributed by atoms with van der Waals surface area (Å²) in [6.07, 6.45) is 0. The Balaban J connectivity index is 2.63. The van der Waals surface area contributed by atoms with Gasteiger partial charge in [0.25, 0.3) is 0 Å². The molecule has 0 radical (unpaired) electrons. The van der Waals surface area contributed by atoms with Gasteiger partial charge < -0.3 is 10.1 Å². The molecule has 78 valence electrons. The molecule has 2 nitrogen and oxygen atoms in total. The zero-order valence-corrected chi connectivity index (χ0v) is 10.5. The molecule has 0 heterocycles. The van der Waals surface area contributed by atoms with Crippen LogP contribution < -0.4 is 5.32 Å².